The average molecular weight is 253 g/mol. The summed E-state index contributed by atoms with van der Waals surface area (Å²) < 4.78 is 0. The molecule has 2 aromatic rings. The van der Waals surface area contributed by atoms with Gasteiger partial charge in [-0.3, -0.25) is 0 Å². The maximum atomic E-state index is 5.49. The molecule has 0 saturated carbocycles. The van der Waals surface area contributed by atoms with Crippen molar-refractivity contribution in [1.82, 2.24) is 5.48 Å². The number of nitrogens with zero attached hydrogens (tertiary/aromatic N) is 1. The van der Waals surface area contributed by atoms with E-state index in [1.165, 1.54) is 0 Å². The number of benzene rings is 2. The van der Waals surface area contributed by atoms with Crippen LogP contribution in [0.4, 0.5) is 5.69 Å². The van der Waals surface area contributed by atoms with Crippen molar-refractivity contribution in [2.45, 2.75) is 6.23 Å². The molecule has 1 aliphatic rings. The Morgan fingerprint density at radius 2 is 1.79 bits per heavy atom. The Balaban J connectivity index is 1.82. The van der Waals surface area contributed by atoms with Gasteiger partial charge in [-0.05, 0) is 24.3 Å². The molecule has 0 bridgehead atoms. The summed E-state index contributed by atoms with van der Waals surface area (Å²) in [7, 11) is 1.90. The molecular weight excluding hydrogens is 238 g/mol. The summed E-state index contributed by atoms with van der Waals surface area (Å²) in [6, 6.07) is 18.0. The molecule has 0 aliphatic carbocycles. The maximum absolute atomic E-state index is 5.49. The van der Waals surface area contributed by atoms with Crippen molar-refractivity contribution < 1.29 is 4.84 Å². The van der Waals surface area contributed by atoms with Gasteiger partial charge in [0.1, 0.15) is 0 Å². The summed E-state index contributed by atoms with van der Waals surface area (Å²) in [6.45, 7) is 0. The van der Waals surface area contributed by atoms with Gasteiger partial charge in [-0.25, -0.2) is 15.3 Å². The molecule has 4 heteroatoms. The van der Waals surface area contributed by atoms with Crippen molar-refractivity contribution in [1.29, 1.82) is 0 Å². The van der Waals surface area contributed by atoms with Crippen LogP contribution in [-0.2, 0) is 4.84 Å². The molecule has 0 fully saturated rings. The number of hydrogen-bond acceptors (Lipinski definition) is 4. The molecule has 1 aliphatic heterocycles. The van der Waals surface area contributed by atoms with Crippen LogP contribution in [0.1, 0.15) is 17.4 Å². The molecule has 0 spiro atoms. The fourth-order valence-corrected chi connectivity index (χ4v) is 1.97. The highest BCUT2D eigenvalue weighted by Gasteiger charge is 2.20. The lowest BCUT2D eigenvalue weighted by atomic mass is 10.2. The Kier molecular flexibility index (Phi) is 3.16. The first-order chi connectivity index (χ1) is 9.36. The maximum Gasteiger partial charge on any atom is 0.202 e. The second-order valence-corrected chi connectivity index (χ2v) is 4.29. The van der Waals surface area contributed by atoms with Crippen LogP contribution in [0, 0.1) is 0 Å². The van der Waals surface area contributed by atoms with Gasteiger partial charge in [0, 0.05) is 23.9 Å². The van der Waals surface area contributed by atoms with E-state index in [1.54, 1.807) is 0 Å². The predicted molar refractivity (Wildman–Crippen MR) is 75.9 cm³/mol. The molecule has 0 radical (unpaired) electrons. The van der Waals surface area contributed by atoms with Crippen LogP contribution >= 0.6 is 0 Å². The third kappa shape index (κ3) is 2.44. The molecule has 0 amide bonds. The summed E-state index contributed by atoms with van der Waals surface area (Å²) in [6.07, 6.45) is -0.278. The van der Waals surface area contributed by atoms with Crippen LogP contribution in [0.2, 0.25) is 0 Å². The Hall–Kier alpha value is -2.33. The minimum absolute atomic E-state index is 0.278. The van der Waals surface area contributed by atoms with Gasteiger partial charge in [-0.2, -0.15) is 0 Å². The molecule has 19 heavy (non-hydrogen) atoms. The highest BCUT2D eigenvalue weighted by molar-refractivity contribution is 5.99. The Morgan fingerprint density at radius 3 is 2.47 bits per heavy atom. The molecule has 2 N–H and O–H groups in total. The number of hydroxylamine groups is 1. The van der Waals surface area contributed by atoms with Gasteiger partial charge in [0.2, 0.25) is 6.23 Å². The number of amidine groups is 1. The van der Waals surface area contributed by atoms with Crippen LogP contribution < -0.4 is 10.8 Å². The first kappa shape index (κ1) is 11.7. The molecule has 96 valence electrons. The SMILES string of the molecule is CNc1ccc(C2=NC(c3ccccc3)ON2)cc1. The average Bonchev–Trinajstić information content (AvgIpc) is 2.98. The molecule has 0 saturated heterocycles. The smallest absolute Gasteiger partial charge is 0.202 e. The lowest BCUT2D eigenvalue weighted by Crippen LogP contribution is -2.17. The van der Waals surface area contributed by atoms with Gasteiger partial charge >= 0.3 is 0 Å². The third-order valence-electron chi connectivity index (χ3n) is 3.05. The van der Waals surface area contributed by atoms with E-state index in [1.807, 2.05) is 61.6 Å². The van der Waals surface area contributed by atoms with E-state index in [9.17, 15) is 0 Å². The first-order valence-corrected chi connectivity index (χ1v) is 6.19. The van der Waals surface area contributed by atoms with Crippen molar-refractivity contribution in [2.75, 3.05) is 12.4 Å². The largest absolute Gasteiger partial charge is 0.388 e. The quantitative estimate of drug-likeness (QED) is 0.884. The normalized spacial score (nSPS) is 17.7. The van der Waals surface area contributed by atoms with E-state index in [2.05, 4.69) is 15.8 Å². The van der Waals surface area contributed by atoms with Crippen LogP contribution in [0.5, 0.6) is 0 Å². The molecule has 4 nitrogen and oxygen atoms in total. The first-order valence-electron chi connectivity index (χ1n) is 6.19. The zero-order chi connectivity index (χ0) is 13.1. The molecule has 2 aromatic carbocycles. The van der Waals surface area contributed by atoms with Gasteiger partial charge in [0.25, 0.3) is 0 Å². The molecular formula is C15H15N3O. The second kappa shape index (κ2) is 5.12. The predicted octanol–water partition coefficient (Wildman–Crippen LogP) is 2.71. The Bertz CT molecular complexity index is 578. The van der Waals surface area contributed by atoms with Crippen molar-refractivity contribution in [3.63, 3.8) is 0 Å². The van der Waals surface area contributed by atoms with Crippen LogP contribution in [0.25, 0.3) is 0 Å². The lowest BCUT2D eigenvalue weighted by molar-refractivity contribution is 0.0377. The molecule has 3 rings (SSSR count). The van der Waals surface area contributed by atoms with E-state index in [0.29, 0.717) is 0 Å². The van der Waals surface area contributed by atoms with E-state index in [0.717, 1.165) is 22.6 Å². The Morgan fingerprint density at radius 1 is 1.05 bits per heavy atom. The topological polar surface area (TPSA) is 45.7 Å². The third-order valence-corrected chi connectivity index (χ3v) is 3.05. The highest BCUT2D eigenvalue weighted by atomic mass is 16.7. The second-order valence-electron chi connectivity index (χ2n) is 4.29. The number of nitrogens with one attached hydrogen (secondary N) is 2. The van der Waals surface area contributed by atoms with Gasteiger partial charge in [-0.15, -0.1) is 0 Å². The minimum Gasteiger partial charge on any atom is -0.388 e. The standard InChI is InChI=1S/C15H15N3O/c1-16-13-9-7-11(8-10-13)14-17-15(19-18-14)12-5-3-2-4-6-12/h2-10,15-16H,1H3,(H,17,18). The fourth-order valence-electron chi connectivity index (χ4n) is 1.97. The van der Waals surface area contributed by atoms with Crippen LogP contribution in [0.15, 0.2) is 59.6 Å². The number of anilines is 1. The zero-order valence-electron chi connectivity index (χ0n) is 10.6. The summed E-state index contributed by atoms with van der Waals surface area (Å²) in [5.41, 5.74) is 6.01. The van der Waals surface area contributed by atoms with Crippen LogP contribution in [-0.4, -0.2) is 12.9 Å². The summed E-state index contributed by atoms with van der Waals surface area (Å²) in [5.74, 6) is 0.761. The molecule has 0 aromatic heterocycles. The number of hydrogen-bond donors (Lipinski definition) is 2. The van der Waals surface area contributed by atoms with Crippen LogP contribution in [0.3, 0.4) is 0 Å². The summed E-state index contributed by atoms with van der Waals surface area (Å²) in [4.78, 5) is 10.0. The zero-order valence-corrected chi connectivity index (χ0v) is 10.6. The van der Waals surface area contributed by atoms with Gasteiger partial charge in [-0.1, -0.05) is 30.3 Å². The summed E-state index contributed by atoms with van der Waals surface area (Å²) in [5, 5.41) is 3.09. The molecule has 1 unspecified atom stereocenters. The minimum atomic E-state index is -0.278. The fraction of sp³-hybridized carbons (Fsp3) is 0.133. The highest BCUT2D eigenvalue weighted by Crippen LogP contribution is 2.23. The van der Waals surface area contributed by atoms with Crippen molar-refractivity contribution in [2.24, 2.45) is 4.99 Å². The van der Waals surface area contributed by atoms with E-state index in [4.69, 9.17) is 4.84 Å². The van der Waals surface area contributed by atoms with Crippen molar-refractivity contribution >= 4 is 11.5 Å². The monoisotopic (exact) mass is 253 g/mol. The Labute approximate surface area is 112 Å². The van der Waals surface area contributed by atoms with Crippen molar-refractivity contribution in [3.05, 3.63) is 65.7 Å². The molecule has 1 heterocycles. The summed E-state index contributed by atoms with van der Waals surface area (Å²) >= 11 is 0. The lowest BCUT2D eigenvalue weighted by Gasteiger charge is -2.04. The van der Waals surface area contributed by atoms with Gasteiger partial charge in [0.15, 0.2) is 5.84 Å². The van der Waals surface area contributed by atoms with E-state index >= 15 is 0 Å². The van der Waals surface area contributed by atoms with Gasteiger partial charge in [0.05, 0.1) is 0 Å². The van der Waals surface area contributed by atoms with Crippen molar-refractivity contribution in [3.8, 4) is 0 Å². The molecule has 1 atom stereocenters. The van der Waals surface area contributed by atoms with E-state index < -0.39 is 0 Å². The van der Waals surface area contributed by atoms with E-state index in [-0.39, 0.29) is 6.23 Å². The number of rotatable bonds is 3. The van der Waals surface area contributed by atoms with Gasteiger partial charge < -0.3 is 5.32 Å². The number of aliphatic imine (C=N–C) groups is 1.